The summed E-state index contributed by atoms with van der Waals surface area (Å²) < 4.78 is 27.8. The first-order valence-corrected chi connectivity index (χ1v) is 14.1. The van der Waals surface area contributed by atoms with Gasteiger partial charge in [-0.15, -0.1) is 0 Å². The fourth-order valence-corrected chi connectivity index (χ4v) is 6.96. The Morgan fingerprint density at radius 1 is 0.868 bits per heavy atom. The van der Waals surface area contributed by atoms with Crippen molar-refractivity contribution in [1.29, 1.82) is 0 Å². The number of sulfonamides is 1. The molecular weight excluding hydrogens is 506 g/mol. The minimum Gasteiger partial charge on any atom is -0.480 e. The smallest absolute Gasteiger partial charge is 0.327 e. The average molecular weight is 536 g/mol. The summed E-state index contributed by atoms with van der Waals surface area (Å²) in [6.45, 7) is -0.366. The number of hydrogen-bond donors (Lipinski definition) is 2. The fourth-order valence-electron chi connectivity index (χ4n) is 5.46. The normalized spacial score (nSPS) is 22.8. The van der Waals surface area contributed by atoms with Crippen LogP contribution in [0, 0.1) is 0 Å². The van der Waals surface area contributed by atoms with Crippen molar-refractivity contribution in [1.82, 2.24) is 14.5 Å². The first kappa shape index (κ1) is 25.9. The van der Waals surface area contributed by atoms with Gasteiger partial charge in [-0.1, -0.05) is 67.4 Å². The van der Waals surface area contributed by atoms with Gasteiger partial charge in [0.15, 0.2) is 0 Å². The molecule has 2 aliphatic rings. The van der Waals surface area contributed by atoms with Crippen LogP contribution in [0.5, 0.6) is 0 Å². The third-order valence-corrected chi connectivity index (χ3v) is 9.20. The molecule has 3 aromatic rings. The molecule has 0 unspecified atom stereocenters. The number of carboxylic acids is 1. The van der Waals surface area contributed by atoms with Crippen LogP contribution in [-0.2, 0) is 19.6 Å². The summed E-state index contributed by atoms with van der Waals surface area (Å²) in [6.07, 6.45) is 2.15. The van der Waals surface area contributed by atoms with Crippen LogP contribution in [0.25, 0.3) is 10.8 Å². The van der Waals surface area contributed by atoms with Gasteiger partial charge in [0.05, 0.1) is 4.90 Å². The van der Waals surface area contributed by atoms with Crippen molar-refractivity contribution in [2.75, 3.05) is 13.1 Å². The number of fused-ring (bicyclic) bond motifs is 2. The van der Waals surface area contributed by atoms with Crippen LogP contribution in [0.4, 0.5) is 0 Å². The topological polar surface area (TPSA) is 124 Å². The average Bonchev–Trinajstić information content (AvgIpc) is 2.93. The van der Waals surface area contributed by atoms with Crippen LogP contribution in [0.2, 0.25) is 0 Å². The largest absolute Gasteiger partial charge is 0.480 e. The SMILES string of the molecule is O=C(N[C@H]1CCCC[C@H]2CN(S(=O)(=O)c3ccccc3)C[C@@H](C(=O)O)N2C1=O)c1cccc2ccccc12. The Kier molecular flexibility index (Phi) is 7.18. The van der Waals surface area contributed by atoms with Gasteiger partial charge >= 0.3 is 5.97 Å². The lowest BCUT2D eigenvalue weighted by atomic mass is 9.94. The van der Waals surface area contributed by atoms with Gasteiger partial charge in [-0.3, -0.25) is 9.59 Å². The first-order valence-electron chi connectivity index (χ1n) is 12.7. The minimum absolute atomic E-state index is 0.00324. The highest BCUT2D eigenvalue weighted by Gasteiger charge is 2.47. The molecule has 2 aliphatic heterocycles. The summed E-state index contributed by atoms with van der Waals surface area (Å²) in [5.74, 6) is -2.18. The third-order valence-electron chi connectivity index (χ3n) is 7.36. The highest BCUT2D eigenvalue weighted by molar-refractivity contribution is 7.89. The lowest BCUT2D eigenvalue weighted by molar-refractivity contribution is -0.157. The number of carbonyl (C=O) groups excluding carboxylic acids is 2. The van der Waals surface area contributed by atoms with Crippen LogP contribution in [0.3, 0.4) is 0 Å². The molecule has 38 heavy (non-hydrogen) atoms. The van der Waals surface area contributed by atoms with Crippen molar-refractivity contribution in [3.63, 3.8) is 0 Å². The van der Waals surface area contributed by atoms with E-state index in [0.717, 1.165) is 10.8 Å². The van der Waals surface area contributed by atoms with Crippen molar-refractivity contribution < 1.29 is 27.9 Å². The van der Waals surface area contributed by atoms with Crippen LogP contribution in [-0.4, -0.2) is 71.7 Å². The predicted octanol–water partition coefficient (Wildman–Crippen LogP) is 2.87. The Morgan fingerprint density at radius 2 is 1.55 bits per heavy atom. The summed E-state index contributed by atoms with van der Waals surface area (Å²) >= 11 is 0. The second-order valence-corrected chi connectivity index (χ2v) is 11.7. The van der Waals surface area contributed by atoms with Gasteiger partial charge in [-0.25, -0.2) is 13.2 Å². The Morgan fingerprint density at radius 3 is 2.32 bits per heavy atom. The van der Waals surface area contributed by atoms with E-state index in [1.165, 1.54) is 21.3 Å². The number of carbonyl (C=O) groups is 3. The van der Waals surface area contributed by atoms with Crippen molar-refractivity contribution >= 4 is 38.6 Å². The van der Waals surface area contributed by atoms with E-state index in [4.69, 9.17) is 0 Å². The lowest BCUT2D eigenvalue weighted by Crippen LogP contribution is -2.67. The number of hydrogen-bond acceptors (Lipinski definition) is 5. The van der Waals surface area contributed by atoms with E-state index in [1.807, 2.05) is 30.3 Å². The van der Waals surface area contributed by atoms with Crippen LogP contribution < -0.4 is 5.32 Å². The summed E-state index contributed by atoms with van der Waals surface area (Å²) in [4.78, 5) is 40.8. The number of carboxylic acid groups (broad SMARTS) is 1. The monoisotopic (exact) mass is 535 g/mol. The van der Waals surface area contributed by atoms with Crippen molar-refractivity contribution in [3.8, 4) is 0 Å². The molecule has 0 aliphatic carbocycles. The second kappa shape index (κ2) is 10.5. The number of amides is 2. The van der Waals surface area contributed by atoms with Gasteiger partial charge in [-0.05, 0) is 41.8 Å². The summed E-state index contributed by atoms with van der Waals surface area (Å²) in [5, 5.41) is 14.6. The third kappa shape index (κ3) is 4.89. The Balaban J connectivity index is 1.42. The zero-order valence-electron chi connectivity index (χ0n) is 20.7. The molecule has 0 bridgehead atoms. The maximum absolute atomic E-state index is 13.8. The number of rotatable bonds is 5. The number of piperazine rings is 1. The molecule has 2 saturated heterocycles. The predicted molar refractivity (Wildman–Crippen MR) is 141 cm³/mol. The number of nitrogens with zero attached hydrogens (tertiary/aromatic N) is 2. The van der Waals surface area contributed by atoms with E-state index in [0.29, 0.717) is 31.2 Å². The molecule has 0 spiro atoms. The van der Waals surface area contributed by atoms with Crippen LogP contribution in [0.1, 0.15) is 36.0 Å². The molecule has 2 amide bonds. The molecule has 10 heteroatoms. The quantitative estimate of drug-likeness (QED) is 0.518. The van der Waals surface area contributed by atoms with Gasteiger partial charge in [0.2, 0.25) is 15.9 Å². The van der Waals surface area contributed by atoms with Gasteiger partial charge in [0.1, 0.15) is 12.1 Å². The fraction of sp³-hybridized carbons (Fsp3) is 0.321. The highest BCUT2D eigenvalue weighted by Crippen LogP contribution is 2.29. The van der Waals surface area contributed by atoms with Crippen molar-refractivity contribution in [2.45, 2.75) is 48.7 Å². The van der Waals surface area contributed by atoms with E-state index in [-0.39, 0.29) is 18.0 Å². The van der Waals surface area contributed by atoms with E-state index < -0.39 is 45.9 Å². The van der Waals surface area contributed by atoms with E-state index in [2.05, 4.69) is 5.32 Å². The summed E-state index contributed by atoms with van der Waals surface area (Å²) in [5.41, 5.74) is 0.433. The maximum atomic E-state index is 13.8. The zero-order chi connectivity index (χ0) is 26.9. The molecule has 0 aromatic heterocycles. The number of benzene rings is 3. The van der Waals surface area contributed by atoms with E-state index in [1.54, 1.807) is 30.3 Å². The molecule has 2 N–H and O–H groups in total. The Bertz CT molecular complexity index is 1470. The molecule has 0 radical (unpaired) electrons. The van der Waals surface area contributed by atoms with Gasteiger partial charge in [0, 0.05) is 24.7 Å². The standard InChI is InChI=1S/C28H29N3O6S/c32-26(23-15-8-10-19-9-4-6-14-22(19)23)29-24-16-7-5-11-20-17-30(18-25(28(34)35)31(20)27(24)33)38(36,37)21-12-2-1-3-13-21/h1-4,6,8-10,12-15,20,24-25H,5,7,11,16-18H2,(H,29,32)(H,34,35)/t20-,24-,25-/m0/s1. The summed E-state index contributed by atoms with van der Waals surface area (Å²) in [6, 6.07) is 17.8. The molecule has 5 rings (SSSR count). The molecule has 198 valence electrons. The van der Waals surface area contributed by atoms with E-state index >= 15 is 0 Å². The van der Waals surface area contributed by atoms with E-state index in [9.17, 15) is 27.9 Å². The lowest BCUT2D eigenvalue weighted by Gasteiger charge is -2.46. The number of aliphatic carboxylic acids is 1. The second-order valence-electron chi connectivity index (χ2n) is 9.73. The first-order chi connectivity index (χ1) is 18.3. The van der Waals surface area contributed by atoms with Gasteiger partial charge in [0.25, 0.3) is 5.91 Å². The molecule has 2 heterocycles. The highest BCUT2D eigenvalue weighted by atomic mass is 32.2. The molecule has 3 atom stereocenters. The Labute approximate surface area is 221 Å². The summed E-state index contributed by atoms with van der Waals surface area (Å²) in [7, 11) is -3.94. The molecular formula is C28H29N3O6S. The van der Waals surface area contributed by atoms with Gasteiger partial charge in [-0.2, -0.15) is 4.31 Å². The maximum Gasteiger partial charge on any atom is 0.327 e. The minimum atomic E-state index is -3.94. The molecule has 2 fully saturated rings. The molecule has 0 saturated carbocycles. The van der Waals surface area contributed by atoms with Gasteiger partial charge < -0.3 is 15.3 Å². The van der Waals surface area contributed by atoms with Crippen LogP contribution in [0.15, 0.2) is 77.7 Å². The van der Waals surface area contributed by atoms with Crippen molar-refractivity contribution in [3.05, 3.63) is 78.4 Å². The Hall–Kier alpha value is -3.76. The van der Waals surface area contributed by atoms with Crippen LogP contribution >= 0.6 is 0 Å². The zero-order valence-corrected chi connectivity index (χ0v) is 21.5. The molecule has 3 aromatic carbocycles. The molecule has 9 nitrogen and oxygen atoms in total. The van der Waals surface area contributed by atoms with Crippen molar-refractivity contribution in [2.24, 2.45) is 0 Å². The number of nitrogens with one attached hydrogen (secondary N) is 1.